The van der Waals surface area contributed by atoms with Crippen molar-refractivity contribution in [2.75, 3.05) is 13.1 Å². The van der Waals surface area contributed by atoms with Crippen LogP contribution < -0.4 is 5.32 Å². The molecule has 3 heterocycles. The van der Waals surface area contributed by atoms with Gasteiger partial charge in [-0.1, -0.05) is 36.7 Å². The van der Waals surface area contributed by atoms with Gasteiger partial charge in [0.15, 0.2) is 0 Å². The van der Waals surface area contributed by atoms with Crippen LogP contribution in [0.15, 0.2) is 72.4 Å². The average molecular weight is 522 g/mol. The molecule has 9 heteroatoms. The number of rotatable bonds is 11. The van der Waals surface area contributed by atoms with E-state index in [9.17, 15) is 9.59 Å². The van der Waals surface area contributed by atoms with Crippen molar-refractivity contribution >= 4 is 34.8 Å². The number of pyridine rings is 1. The molecule has 0 atom stereocenters. The summed E-state index contributed by atoms with van der Waals surface area (Å²) in [5.74, 6) is -0.283. The van der Waals surface area contributed by atoms with Crippen molar-refractivity contribution < 1.29 is 9.59 Å². The summed E-state index contributed by atoms with van der Waals surface area (Å²) in [6.07, 6.45) is 5.21. The van der Waals surface area contributed by atoms with Gasteiger partial charge in [-0.15, -0.1) is 11.3 Å². The third-order valence-corrected chi connectivity index (χ3v) is 6.81. The standard InChI is InChI=1S/C27H28ClN5O2S/c1-2-15-33(27(35)22-10-3-4-11-23(22)28)17-21-9-7-16-32(21)18-25-31-24(19-36-25)26(34)30-14-12-20-8-5-6-13-29-20/h3-11,13,16,19H,2,12,14-15,17-18H2,1H3,(H,30,34). The third-order valence-electron chi connectivity index (χ3n) is 5.64. The van der Waals surface area contributed by atoms with Gasteiger partial charge in [-0.3, -0.25) is 14.6 Å². The highest BCUT2D eigenvalue weighted by Gasteiger charge is 2.19. The van der Waals surface area contributed by atoms with E-state index in [4.69, 9.17) is 11.6 Å². The van der Waals surface area contributed by atoms with Crippen LogP contribution in [0.5, 0.6) is 0 Å². The number of halogens is 1. The first-order valence-corrected chi connectivity index (χ1v) is 13.1. The summed E-state index contributed by atoms with van der Waals surface area (Å²) in [6, 6.07) is 16.8. The second-order valence-corrected chi connectivity index (χ2v) is 9.64. The number of nitrogens with zero attached hydrogens (tertiary/aromatic N) is 4. The molecule has 0 spiro atoms. The Kier molecular flexibility index (Phi) is 8.86. The van der Waals surface area contributed by atoms with Crippen LogP contribution in [0.3, 0.4) is 0 Å². The molecule has 4 rings (SSSR count). The van der Waals surface area contributed by atoms with Crippen molar-refractivity contribution in [3.63, 3.8) is 0 Å². The quantitative estimate of drug-likeness (QED) is 0.299. The first kappa shape index (κ1) is 25.6. The molecule has 186 valence electrons. The fourth-order valence-corrected chi connectivity index (χ4v) is 4.83. The van der Waals surface area contributed by atoms with Gasteiger partial charge in [-0.2, -0.15) is 0 Å². The maximum absolute atomic E-state index is 13.2. The Hall–Kier alpha value is -3.49. The van der Waals surface area contributed by atoms with Gasteiger partial charge in [0, 0.05) is 48.7 Å². The van der Waals surface area contributed by atoms with Crippen LogP contribution in [0, 0.1) is 0 Å². The molecule has 0 aliphatic heterocycles. The number of hydrogen-bond donors (Lipinski definition) is 1. The van der Waals surface area contributed by atoms with E-state index >= 15 is 0 Å². The topological polar surface area (TPSA) is 80.1 Å². The first-order valence-electron chi connectivity index (χ1n) is 11.9. The molecule has 0 aliphatic carbocycles. The van der Waals surface area contributed by atoms with Crippen molar-refractivity contribution in [3.8, 4) is 0 Å². The molecule has 1 aromatic carbocycles. The summed E-state index contributed by atoms with van der Waals surface area (Å²) in [5.41, 5.74) is 2.83. The lowest BCUT2D eigenvalue weighted by atomic mass is 10.2. The van der Waals surface area contributed by atoms with Gasteiger partial charge in [-0.25, -0.2) is 4.98 Å². The molecular formula is C27H28ClN5O2S. The Morgan fingerprint density at radius 3 is 2.72 bits per heavy atom. The maximum atomic E-state index is 13.2. The Morgan fingerprint density at radius 1 is 1.11 bits per heavy atom. The molecule has 0 unspecified atom stereocenters. The monoisotopic (exact) mass is 521 g/mol. The summed E-state index contributed by atoms with van der Waals surface area (Å²) in [4.78, 5) is 36.3. The molecule has 0 saturated carbocycles. The van der Waals surface area contributed by atoms with E-state index in [0.717, 1.165) is 22.8 Å². The second kappa shape index (κ2) is 12.5. The molecular weight excluding hydrogens is 494 g/mol. The first-order chi connectivity index (χ1) is 17.5. The summed E-state index contributed by atoms with van der Waals surface area (Å²) in [7, 11) is 0. The highest BCUT2D eigenvalue weighted by molar-refractivity contribution is 7.09. The van der Waals surface area contributed by atoms with Crippen LogP contribution in [0.4, 0.5) is 0 Å². The molecule has 3 aromatic heterocycles. The molecule has 7 nitrogen and oxygen atoms in total. The minimum atomic E-state index is -0.194. The Labute approximate surface area is 219 Å². The maximum Gasteiger partial charge on any atom is 0.270 e. The number of benzene rings is 1. The Morgan fingerprint density at radius 2 is 1.94 bits per heavy atom. The van der Waals surface area contributed by atoms with E-state index in [2.05, 4.69) is 19.9 Å². The van der Waals surface area contributed by atoms with Gasteiger partial charge in [0.25, 0.3) is 11.8 Å². The van der Waals surface area contributed by atoms with Gasteiger partial charge in [0.1, 0.15) is 10.7 Å². The molecule has 1 N–H and O–H groups in total. The van der Waals surface area contributed by atoms with Crippen molar-refractivity contribution in [1.29, 1.82) is 0 Å². The minimum absolute atomic E-state index is 0.0888. The van der Waals surface area contributed by atoms with Gasteiger partial charge in [0.2, 0.25) is 0 Å². The highest BCUT2D eigenvalue weighted by atomic mass is 35.5. The van der Waals surface area contributed by atoms with Crippen molar-refractivity contribution in [2.45, 2.75) is 32.9 Å². The highest BCUT2D eigenvalue weighted by Crippen LogP contribution is 2.20. The van der Waals surface area contributed by atoms with Crippen LogP contribution >= 0.6 is 22.9 Å². The lowest BCUT2D eigenvalue weighted by Gasteiger charge is -2.23. The van der Waals surface area contributed by atoms with Gasteiger partial charge < -0.3 is 14.8 Å². The van der Waals surface area contributed by atoms with E-state index in [1.165, 1.54) is 11.3 Å². The number of hydrogen-bond acceptors (Lipinski definition) is 5. The molecule has 2 amide bonds. The molecule has 0 bridgehead atoms. The van der Waals surface area contributed by atoms with E-state index in [-0.39, 0.29) is 11.8 Å². The lowest BCUT2D eigenvalue weighted by Crippen LogP contribution is -2.32. The van der Waals surface area contributed by atoms with Crippen molar-refractivity contribution in [2.24, 2.45) is 0 Å². The lowest BCUT2D eigenvalue weighted by molar-refractivity contribution is 0.0739. The Bertz CT molecular complexity index is 1300. The predicted octanol–water partition coefficient (Wildman–Crippen LogP) is 5.07. The zero-order valence-corrected chi connectivity index (χ0v) is 21.6. The summed E-state index contributed by atoms with van der Waals surface area (Å²) < 4.78 is 2.06. The normalized spacial score (nSPS) is 10.8. The van der Waals surface area contributed by atoms with E-state index in [0.29, 0.717) is 48.9 Å². The van der Waals surface area contributed by atoms with Crippen molar-refractivity contribution in [3.05, 3.63) is 105 Å². The van der Waals surface area contributed by atoms with Crippen LogP contribution in [0.25, 0.3) is 0 Å². The molecule has 0 radical (unpaired) electrons. The van der Waals surface area contributed by atoms with Crippen molar-refractivity contribution in [1.82, 2.24) is 24.8 Å². The number of amides is 2. The SMILES string of the molecule is CCCN(Cc1cccn1Cc1nc(C(=O)NCCc2ccccn2)cs1)C(=O)c1ccccc1Cl. The van der Waals surface area contributed by atoms with Crippen LogP contribution in [0.2, 0.25) is 5.02 Å². The largest absolute Gasteiger partial charge is 0.350 e. The second-order valence-electron chi connectivity index (χ2n) is 8.29. The smallest absolute Gasteiger partial charge is 0.270 e. The van der Waals surface area contributed by atoms with E-state index < -0.39 is 0 Å². The summed E-state index contributed by atoms with van der Waals surface area (Å²) in [5, 5.41) is 5.96. The van der Waals surface area contributed by atoms with Crippen LogP contribution in [0.1, 0.15) is 50.6 Å². The van der Waals surface area contributed by atoms with Gasteiger partial charge >= 0.3 is 0 Å². The van der Waals surface area contributed by atoms with Crippen LogP contribution in [-0.2, 0) is 19.5 Å². The summed E-state index contributed by atoms with van der Waals surface area (Å²) in [6.45, 7) is 4.14. The average Bonchev–Trinajstić information content (AvgIpc) is 3.54. The minimum Gasteiger partial charge on any atom is -0.350 e. The molecule has 0 fully saturated rings. The van der Waals surface area contributed by atoms with Crippen LogP contribution in [-0.4, -0.2) is 44.3 Å². The van der Waals surface area contributed by atoms with Gasteiger partial charge in [-0.05, 0) is 42.8 Å². The third kappa shape index (κ3) is 6.59. The van der Waals surface area contributed by atoms with E-state index in [1.807, 2.05) is 60.5 Å². The van der Waals surface area contributed by atoms with Gasteiger partial charge in [0.05, 0.1) is 23.7 Å². The molecule has 0 saturated heterocycles. The number of thiazole rings is 1. The molecule has 36 heavy (non-hydrogen) atoms. The zero-order chi connectivity index (χ0) is 25.3. The predicted molar refractivity (Wildman–Crippen MR) is 142 cm³/mol. The number of aromatic nitrogens is 3. The number of nitrogens with one attached hydrogen (secondary N) is 1. The Balaban J connectivity index is 1.38. The fraction of sp³-hybridized carbons (Fsp3) is 0.259. The fourth-order valence-electron chi connectivity index (χ4n) is 3.84. The summed E-state index contributed by atoms with van der Waals surface area (Å²) >= 11 is 7.72. The van der Waals surface area contributed by atoms with E-state index in [1.54, 1.807) is 23.7 Å². The number of carbonyl (C=O) groups is 2. The molecule has 4 aromatic rings. The number of carbonyl (C=O) groups excluding carboxylic acids is 2. The zero-order valence-electron chi connectivity index (χ0n) is 20.1. The molecule has 0 aliphatic rings.